The lowest BCUT2D eigenvalue weighted by atomic mass is 10.6. The van der Waals surface area contributed by atoms with Crippen LogP contribution >= 0.6 is 11.8 Å². The Balaban J connectivity index is 2.25. The number of aromatic amines is 1. The van der Waals surface area contributed by atoms with E-state index in [4.69, 9.17) is 0 Å². The molecular formula is C9H13N5O2S. The third-order valence-corrected chi connectivity index (χ3v) is 2.42. The van der Waals surface area contributed by atoms with Crippen LogP contribution < -0.4 is 10.6 Å². The van der Waals surface area contributed by atoms with Crippen molar-refractivity contribution in [1.29, 1.82) is 0 Å². The maximum Gasteiger partial charge on any atom is 0.321 e. The molecule has 1 heterocycles. The summed E-state index contributed by atoms with van der Waals surface area (Å²) in [7, 11) is 0. The fourth-order valence-electron chi connectivity index (χ4n) is 0.889. The van der Waals surface area contributed by atoms with Crippen LogP contribution in [0.1, 0.15) is 5.82 Å². The second kappa shape index (κ2) is 6.69. The standard InChI is InChI=1S/C9H13N5O2S/c1-3-4-10-8(16)12-7(15)5-17-9-11-6(2)13-14-9/h3H,1,4-5H2,2H3,(H,11,13,14)(H2,10,12,15,16). The van der Waals surface area contributed by atoms with Gasteiger partial charge in [0.25, 0.3) is 0 Å². The largest absolute Gasteiger partial charge is 0.334 e. The van der Waals surface area contributed by atoms with Crippen molar-refractivity contribution < 1.29 is 9.59 Å². The highest BCUT2D eigenvalue weighted by Crippen LogP contribution is 2.10. The molecule has 3 amide bonds. The van der Waals surface area contributed by atoms with Gasteiger partial charge in [0.2, 0.25) is 11.1 Å². The quantitative estimate of drug-likeness (QED) is 0.516. The Morgan fingerprint density at radius 3 is 2.94 bits per heavy atom. The molecular weight excluding hydrogens is 242 g/mol. The molecule has 0 aliphatic carbocycles. The van der Waals surface area contributed by atoms with Gasteiger partial charge < -0.3 is 5.32 Å². The number of imide groups is 1. The third-order valence-electron chi connectivity index (χ3n) is 1.57. The predicted octanol–water partition coefficient (Wildman–Crippen LogP) is 0.217. The van der Waals surface area contributed by atoms with Crippen LogP contribution in [0.3, 0.4) is 0 Å². The molecule has 1 aromatic rings. The van der Waals surface area contributed by atoms with Crippen LogP contribution in [-0.2, 0) is 4.79 Å². The van der Waals surface area contributed by atoms with E-state index in [-0.39, 0.29) is 5.75 Å². The van der Waals surface area contributed by atoms with Crippen molar-refractivity contribution in [2.24, 2.45) is 0 Å². The summed E-state index contributed by atoms with van der Waals surface area (Å²) in [5.41, 5.74) is 0. The zero-order chi connectivity index (χ0) is 12.7. The number of hydrogen-bond acceptors (Lipinski definition) is 5. The Morgan fingerprint density at radius 2 is 2.35 bits per heavy atom. The van der Waals surface area contributed by atoms with Crippen molar-refractivity contribution in [3.63, 3.8) is 0 Å². The molecule has 0 fully saturated rings. The fourth-order valence-corrected chi connectivity index (χ4v) is 1.53. The Hall–Kier alpha value is -1.83. The molecule has 17 heavy (non-hydrogen) atoms. The van der Waals surface area contributed by atoms with Gasteiger partial charge in [0, 0.05) is 6.54 Å². The highest BCUT2D eigenvalue weighted by atomic mass is 32.2. The van der Waals surface area contributed by atoms with Crippen LogP contribution in [0.2, 0.25) is 0 Å². The number of H-pyrrole nitrogens is 1. The molecule has 0 saturated heterocycles. The molecule has 3 N–H and O–H groups in total. The van der Waals surface area contributed by atoms with Gasteiger partial charge in [0.15, 0.2) is 0 Å². The summed E-state index contributed by atoms with van der Waals surface area (Å²) in [5.74, 6) is 0.356. The summed E-state index contributed by atoms with van der Waals surface area (Å²) in [5, 5.41) is 11.6. The molecule has 0 radical (unpaired) electrons. The van der Waals surface area contributed by atoms with Gasteiger partial charge in [-0.2, -0.15) is 0 Å². The van der Waals surface area contributed by atoms with Crippen molar-refractivity contribution in [3.05, 3.63) is 18.5 Å². The van der Waals surface area contributed by atoms with Crippen LogP contribution in [0.5, 0.6) is 0 Å². The summed E-state index contributed by atoms with van der Waals surface area (Å²) >= 11 is 1.15. The zero-order valence-corrected chi connectivity index (χ0v) is 10.1. The highest BCUT2D eigenvalue weighted by Gasteiger charge is 2.09. The van der Waals surface area contributed by atoms with Gasteiger partial charge >= 0.3 is 6.03 Å². The minimum absolute atomic E-state index is 0.0821. The first-order chi connectivity index (χ1) is 8.11. The average molecular weight is 255 g/mol. The topological polar surface area (TPSA) is 99.8 Å². The van der Waals surface area contributed by atoms with E-state index in [1.165, 1.54) is 6.08 Å². The first-order valence-electron chi connectivity index (χ1n) is 4.82. The lowest BCUT2D eigenvalue weighted by molar-refractivity contribution is -0.117. The van der Waals surface area contributed by atoms with E-state index >= 15 is 0 Å². The second-order valence-electron chi connectivity index (χ2n) is 3.04. The number of rotatable bonds is 5. The number of amides is 3. The summed E-state index contributed by atoms with van der Waals surface area (Å²) in [6.07, 6.45) is 1.52. The SMILES string of the molecule is C=CCNC(=O)NC(=O)CSc1n[nH]c(C)n1. The number of nitrogens with zero attached hydrogens (tertiary/aromatic N) is 2. The molecule has 1 rings (SSSR count). The first kappa shape index (κ1) is 13.2. The van der Waals surface area contributed by atoms with E-state index < -0.39 is 11.9 Å². The minimum atomic E-state index is -0.540. The number of aryl methyl sites for hydroxylation is 1. The van der Waals surface area contributed by atoms with Gasteiger partial charge in [0.1, 0.15) is 5.82 Å². The van der Waals surface area contributed by atoms with Crippen LogP contribution in [0.15, 0.2) is 17.8 Å². The van der Waals surface area contributed by atoms with Crippen molar-refractivity contribution in [1.82, 2.24) is 25.8 Å². The molecule has 0 unspecified atom stereocenters. The monoisotopic (exact) mass is 255 g/mol. The van der Waals surface area contributed by atoms with Crippen LogP contribution in [0.4, 0.5) is 4.79 Å². The summed E-state index contributed by atoms with van der Waals surface area (Å²) in [6, 6.07) is -0.540. The van der Waals surface area contributed by atoms with Crippen molar-refractivity contribution in [2.75, 3.05) is 12.3 Å². The van der Waals surface area contributed by atoms with Gasteiger partial charge in [-0.25, -0.2) is 9.78 Å². The van der Waals surface area contributed by atoms with E-state index in [2.05, 4.69) is 32.4 Å². The fraction of sp³-hybridized carbons (Fsp3) is 0.333. The maximum atomic E-state index is 11.3. The number of hydrogen-bond donors (Lipinski definition) is 3. The maximum absolute atomic E-state index is 11.3. The molecule has 7 nitrogen and oxygen atoms in total. The van der Waals surface area contributed by atoms with Gasteiger partial charge in [-0.1, -0.05) is 17.8 Å². The number of aromatic nitrogens is 3. The molecule has 0 bridgehead atoms. The number of nitrogens with one attached hydrogen (secondary N) is 3. The smallest absolute Gasteiger partial charge is 0.321 e. The Bertz CT molecular complexity index is 417. The minimum Gasteiger partial charge on any atom is -0.334 e. The van der Waals surface area contributed by atoms with E-state index in [9.17, 15) is 9.59 Å². The summed E-state index contributed by atoms with van der Waals surface area (Å²) in [6.45, 7) is 5.51. The lowest BCUT2D eigenvalue weighted by Crippen LogP contribution is -2.40. The van der Waals surface area contributed by atoms with E-state index in [1.54, 1.807) is 6.92 Å². The van der Waals surface area contributed by atoms with Gasteiger partial charge in [-0.05, 0) is 6.92 Å². The van der Waals surface area contributed by atoms with E-state index in [0.717, 1.165) is 11.8 Å². The Kier molecular flexibility index (Phi) is 5.21. The Morgan fingerprint density at radius 1 is 1.59 bits per heavy atom. The second-order valence-corrected chi connectivity index (χ2v) is 3.98. The van der Waals surface area contributed by atoms with Crippen LogP contribution in [0, 0.1) is 6.92 Å². The van der Waals surface area contributed by atoms with Gasteiger partial charge in [0.05, 0.1) is 5.75 Å². The third kappa shape index (κ3) is 5.16. The zero-order valence-electron chi connectivity index (χ0n) is 9.32. The summed E-state index contributed by atoms with van der Waals surface area (Å²) in [4.78, 5) is 26.4. The molecule has 0 aliphatic heterocycles. The van der Waals surface area contributed by atoms with Gasteiger partial charge in [-0.15, -0.1) is 11.7 Å². The lowest BCUT2D eigenvalue weighted by Gasteiger charge is -2.03. The molecule has 0 aromatic carbocycles. The average Bonchev–Trinajstić information content (AvgIpc) is 2.70. The molecule has 0 atom stereocenters. The Labute approximate surface area is 102 Å². The number of urea groups is 1. The van der Waals surface area contributed by atoms with Crippen molar-refractivity contribution >= 4 is 23.7 Å². The normalized spacial score (nSPS) is 9.71. The number of carbonyl (C=O) groups excluding carboxylic acids is 2. The van der Waals surface area contributed by atoms with E-state index in [0.29, 0.717) is 17.5 Å². The van der Waals surface area contributed by atoms with Crippen molar-refractivity contribution in [3.8, 4) is 0 Å². The van der Waals surface area contributed by atoms with Crippen LogP contribution in [0.25, 0.3) is 0 Å². The van der Waals surface area contributed by atoms with Gasteiger partial charge in [-0.3, -0.25) is 15.2 Å². The van der Waals surface area contributed by atoms with E-state index in [1.807, 2.05) is 0 Å². The highest BCUT2D eigenvalue weighted by molar-refractivity contribution is 7.99. The molecule has 0 saturated carbocycles. The first-order valence-corrected chi connectivity index (χ1v) is 5.80. The molecule has 1 aromatic heterocycles. The number of carbonyl (C=O) groups is 2. The molecule has 0 spiro atoms. The molecule has 0 aliphatic rings. The molecule has 8 heteroatoms. The van der Waals surface area contributed by atoms with Crippen LogP contribution in [-0.4, -0.2) is 39.4 Å². The van der Waals surface area contributed by atoms with Crippen molar-refractivity contribution in [2.45, 2.75) is 12.1 Å². The predicted molar refractivity (Wildman–Crippen MR) is 63.6 cm³/mol. The number of thioether (sulfide) groups is 1. The molecule has 92 valence electrons. The summed E-state index contributed by atoms with van der Waals surface area (Å²) < 4.78 is 0.